The van der Waals surface area contributed by atoms with Gasteiger partial charge in [-0.2, -0.15) is 0 Å². The zero-order valence-corrected chi connectivity index (χ0v) is 13.0. The third kappa shape index (κ3) is 2.60. The number of thioether (sulfide) groups is 1. The Bertz CT molecular complexity index is 574. The summed E-state index contributed by atoms with van der Waals surface area (Å²) in [6, 6.07) is 8.39. The number of amides is 1. The summed E-state index contributed by atoms with van der Waals surface area (Å²) in [5, 5.41) is 0. The summed E-state index contributed by atoms with van der Waals surface area (Å²) in [5.41, 5.74) is 2.31. The largest absolute Gasteiger partial charge is 0.372 e. The molecule has 0 bridgehead atoms. The maximum absolute atomic E-state index is 11.9. The molecule has 5 heteroatoms. The maximum Gasteiger partial charge on any atom is 0.265 e. The summed E-state index contributed by atoms with van der Waals surface area (Å²) in [6.45, 7) is 2.29. The van der Waals surface area contributed by atoms with E-state index in [2.05, 4.69) is 29.2 Å². The Morgan fingerprint density at radius 2 is 1.85 bits per heavy atom. The van der Waals surface area contributed by atoms with Crippen molar-refractivity contribution >= 4 is 46.0 Å². The smallest absolute Gasteiger partial charge is 0.265 e. The number of anilines is 1. The second-order valence-corrected chi connectivity index (χ2v) is 6.70. The van der Waals surface area contributed by atoms with Crippen LogP contribution in [0.2, 0.25) is 0 Å². The Balaban J connectivity index is 1.78. The van der Waals surface area contributed by atoms with E-state index in [0.29, 0.717) is 9.23 Å². The quantitative estimate of drug-likeness (QED) is 0.619. The first-order chi connectivity index (χ1) is 9.65. The standard InChI is InChI=1S/C15H16N2OS2/c1-16-14(18)13(20-15(16)19)10-11-4-6-12(7-5-11)17-8-2-3-9-17/h4-7,10H,2-3,8-9H2,1H3/b13-10-. The van der Waals surface area contributed by atoms with E-state index in [4.69, 9.17) is 12.2 Å². The average molecular weight is 304 g/mol. The lowest BCUT2D eigenvalue weighted by atomic mass is 10.2. The van der Waals surface area contributed by atoms with Crippen molar-refractivity contribution in [3.05, 3.63) is 34.7 Å². The molecule has 2 saturated heterocycles. The molecular formula is C15H16N2OS2. The lowest BCUT2D eigenvalue weighted by Gasteiger charge is -2.17. The molecule has 1 aromatic rings. The lowest BCUT2D eigenvalue weighted by Crippen LogP contribution is -2.22. The van der Waals surface area contributed by atoms with Gasteiger partial charge in [-0.1, -0.05) is 36.1 Å². The van der Waals surface area contributed by atoms with E-state index in [1.807, 2.05) is 6.08 Å². The Labute approximate surface area is 128 Å². The number of carbonyl (C=O) groups excluding carboxylic acids is 1. The second-order valence-electron chi connectivity index (χ2n) is 5.03. The fraction of sp³-hybridized carbons (Fsp3) is 0.333. The molecule has 0 radical (unpaired) electrons. The zero-order chi connectivity index (χ0) is 14.1. The Morgan fingerprint density at radius 1 is 1.20 bits per heavy atom. The van der Waals surface area contributed by atoms with E-state index in [-0.39, 0.29) is 5.91 Å². The van der Waals surface area contributed by atoms with Gasteiger partial charge in [0.05, 0.1) is 4.91 Å². The van der Waals surface area contributed by atoms with Crippen LogP contribution in [0.1, 0.15) is 18.4 Å². The number of nitrogens with zero attached hydrogens (tertiary/aromatic N) is 2. The highest BCUT2D eigenvalue weighted by atomic mass is 32.2. The number of likely N-dealkylation sites (N-methyl/N-ethyl adjacent to an activating group) is 1. The molecule has 1 amide bonds. The molecule has 2 heterocycles. The van der Waals surface area contributed by atoms with Crippen molar-refractivity contribution in [3.8, 4) is 0 Å². The Morgan fingerprint density at radius 3 is 2.40 bits per heavy atom. The maximum atomic E-state index is 11.9. The number of carbonyl (C=O) groups is 1. The number of rotatable bonds is 2. The van der Waals surface area contributed by atoms with Crippen molar-refractivity contribution in [2.24, 2.45) is 0 Å². The van der Waals surface area contributed by atoms with Gasteiger partial charge in [0.25, 0.3) is 5.91 Å². The Hall–Kier alpha value is -1.33. The predicted octanol–water partition coefficient (Wildman–Crippen LogP) is 3.12. The molecule has 0 saturated carbocycles. The lowest BCUT2D eigenvalue weighted by molar-refractivity contribution is -0.121. The van der Waals surface area contributed by atoms with Gasteiger partial charge in [-0.05, 0) is 36.6 Å². The van der Waals surface area contributed by atoms with Gasteiger partial charge in [-0.15, -0.1) is 0 Å². The van der Waals surface area contributed by atoms with Crippen LogP contribution in [0.5, 0.6) is 0 Å². The zero-order valence-electron chi connectivity index (χ0n) is 11.3. The topological polar surface area (TPSA) is 23.6 Å². The van der Waals surface area contributed by atoms with E-state index >= 15 is 0 Å². The molecule has 0 atom stereocenters. The van der Waals surface area contributed by atoms with Crippen molar-refractivity contribution in [2.45, 2.75) is 12.8 Å². The first-order valence-electron chi connectivity index (χ1n) is 6.72. The molecule has 104 valence electrons. The highest BCUT2D eigenvalue weighted by molar-refractivity contribution is 8.26. The van der Waals surface area contributed by atoms with Gasteiger partial charge in [0.2, 0.25) is 0 Å². The molecule has 2 fully saturated rings. The molecule has 0 spiro atoms. The van der Waals surface area contributed by atoms with Gasteiger partial charge in [0.15, 0.2) is 0 Å². The molecule has 20 heavy (non-hydrogen) atoms. The van der Waals surface area contributed by atoms with Crippen LogP contribution in [0.15, 0.2) is 29.2 Å². The molecular weight excluding hydrogens is 288 g/mol. The van der Waals surface area contributed by atoms with Gasteiger partial charge >= 0.3 is 0 Å². The van der Waals surface area contributed by atoms with Gasteiger partial charge < -0.3 is 4.90 Å². The summed E-state index contributed by atoms with van der Waals surface area (Å²) in [7, 11) is 1.72. The van der Waals surface area contributed by atoms with Crippen molar-refractivity contribution in [1.29, 1.82) is 0 Å². The predicted molar refractivity (Wildman–Crippen MR) is 88.8 cm³/mol. The van der Waals surface area contributed by atoms with Crippen LogP contribution in [0.25, 0.3) is 6.08 Å². The van der Waals surface area contributed by atoms with Crippen molar-refractivity contribution < 1.29 is 4.79 Å². The summed E-state index contributed by atoms with van der Waals surface area (Å²) in [5.74, 6) is -0.0105. The van der Waals surface area contributed by atoms with Crippen LogP contribution in [0.4, 0.5) is 5.69 Å². The summed E-state index contributed by atoms with van der Waals surface area (Å²) < 4.78 is 0.620. The summed E-state index contributed by atoms with van der Waals surface area (Å²) in [4.78, 5) is 16.6. The normalized spacial score (nSPS) is 21.4. The van der Waals surface area contributed by atoms with E-state index < -0.39 is 0 Å². The molecule has 0 aromatic heterocycles. The fourth-order valence-corrected chi connectivity index (χ4v) is 3.63. The second kappa shape index (κ2) is 5.58. The number of hydrogen-bond donors (Lipinski definition) is 0. The first kappa shape index (κ1) is 13.6. The molecule has 1 aromatic carbocycles. The summed E-state index contributed by atoms with van der Waals surface area (Å²) in [6.07, 6.45) is 4.47. The highest BCUT2D eigenvalue weighted by Gasteiger charge is 2.28. The van der Waals surface area contributed by atoms with Crippen LogP contribution in [0, 0.1) is 0 Å². The molecule has 2 aliphatic heterocycles. The van der Waals surface area contributed by atoms with Gasteiger partial charge in [-0.3, -0.25) is 9.69 Å². The first-order valence-corrected chi connectivity index (χ1v) is 7.94. The number of hydrogen-bond acceptors (Lipinski definition) is 4. The molecule has 3 nitrogen and oxygen atoms in total. The van der Waals surface area contributed by atoms with Crippen molar-refractivity contribution in [3.63, 3.8) is 0 Å². The van der Waals surface area contributed by atoms with Crippen LogP contribution >= 0.6 is 24.0 Å². The number of thiocarbonyl (C=S) groups is 1. The monoisotopic (exact) mass is 304 g/mol. The minimum absolute atomic E-state index is 0.0105. The van der Waals surface area contributed by atoms with Gasteiger partial charge in [0, 0.05) is 25.8 Å². The van der Waals surface area contributed by atoms with E-state index in [0.717, 1.165) is 18.7 Å². The minimum atomic E-state index is -0.0105. The third-order valence-corrected chi connectivity index (χ3v) is 5.13. The molecule has 2 aliphatic rings. The number of benzene rings is 1. The average Bonchev–Trinajstić information content (AvgIpc) is 3.06. The SMILES string of the molecule is CN1C(=O)/C(=C/c2ccc(N3CCCC3)cc2)SC1=S. The third-order valence-electron chi connectivity index (χ3n) is 3.65. The van der Waals surface area contributed by atoms with Crippen LogP contribution < -0.4 is 4.90 Å². The molecule has 0 aliphatic carbocycles. The van der Waals surface area contributed by atoms with Crippen LogP contribution in [-0.2, 0) is 4.79 Å². The van der Waals surface area contributed by atoms with E-state index in [1.165, 1.54) is 35.2 Å². The van der Waals surface area contributed by atoms with Crippen LogP contribution in [0.3, 0.4) is 0 Å². The van der Waals surface area contributed by atoms with Crippen molar-refractivity contribution in [2.75, 3.05) is 25.0 Å². The van der Waals surface area contributed by atoms with Gasteiger partial charge in [0.1, 0.15) is 4.32 Å². The van der Waals surface area contributed by atoms with E-state index in [1.54, 1.807) is 7.05 Å². The highest BCUT2D eigenvalue weighted by Crippen LogP contribution is 2.31. The van der Waals surface area contributed by atoms with Crippen molar-refractivity contribution in [1.82, 2.24) is 4.90 Å². The Kier molecular flexibility index (Phi) is 3.81. The van der Waals surface area contributed by atoms with Gasteiger partial charge in [-0.25, -0.2) is 0 Å². The fourth-order valence-electron chi connectivity index (χ4n) is 2.45. The van der Waals surface area contributed by atoms with Crippen LogP contribution in [-0.4, -0.2) is 35.3 Å². The summed E-state index contributed by atoms with van der Waals surface area (Å²) >= 11 is 6.49. The molecule has 0 N–H and O–H groups in total. The minimum Gasteiger partial charge on any atom is -0.372 e. The molecule has 3 rings (SSSR count). The molecule has 0 unspecified atom stereocenters. The van der Waals surface area contributed by atoms with E-state index in [9.17, 15) is 4.79 Å².